The van der Waals surface area contributed by atoms with Crippen LogP contribution in [-0.2, 0) is 0 Å². The van der Waals surface area contributed by atoms with Crippen LogP contribution in [-0.4, -0.2) is 81.3 Å². The minimum Gasteiger partial charge on any atom is -0.465 e. The van der Waals surface area contributed by atoms with Crippen molar-refractivity contribution in [3.63, 3.8) is 0 Å². The van der Waals surface area contributed by atoms with Gasteiger partial charge in [-0.1, -0.05) is 0 Å². The van der Waals surface area contributed by atoms with E-state index in [-0.39, 0.29) is 5.41 Å². The van der Waals surface area contributed by atoms with E-state index in [4.69, 9.17) is 5.11 Å². The fourth-order valence-corrected chi connectivity index (χ4v) is 5.26. The smallest absolute Gasteiger partial charge is 0.407 e. The predicted octanol–water partition coefficient (Wildman–Crippen LogP) is 2.19. The molecule has 0 unspecified atom stereocenters. The van der Waals surface area contributed by atoms with Gasteiger partial charge in [0.05, 0.1) is 11.9 Å². The Morgan fingerprint density at radius 1 is 1.10 bits per heavy atom. The molecule has 1 N–H and O–H groups in total. The van der Waals surface area contributed by atoms with Gasteiger partial charge < -0.3 is 14.9 Å². The van der Waals surface area contributed by atoms with Gasteiger partial charge in [0.15, 0.2) is 0 Å². The third-order valence-corrected chi connectivity index (χ3v) is 6.76. The highest BCUT2D eigenvalue weighted by Gasteiger charge is 2.50. The van der Waals surface area contributed by atoms with Gasteiger partial charge in [0, 0.05) is 74.9 Å². The second kappa shape index (κ2) is 7.26. The number of carbonyl (C=O) groups is 1. The van der Waals surface area contributed by atoms with Crippen molar-refractivity contribution in [2.45, 2.75) is 25.3 Å². The molecule has 4 heterocycles. The van der Waals surface area contributed by atoms with Crippen molar-refractivity contribution in [2.75, 3.05) is 44.2 Å². The molecular formula is C21H26N6O2. The number of aromatic nitrogens is 3. The van der Waals surface area contributed by atoms with Gasteiger partial charge in [0.25, 0.3) is 0 Å². The van der Waals surface area contributed by atoms with Crippen LogP contribution in [0.4, 0.5) is 10.6 Å². The monoisotopic (exact) mass is 394 g/mol. The maximum Gasteiger partial charge on any atom is 0.407 e. The van der Waals surface area contributed by atoms with Crippen molar-refractivity contribution >= 4 is 11.9 Å². The topological polar surface area (TPSA) is 85.7 Å². The average molecular weight is 394 g/mol. The maximum atomic E-state index is 11.1. The molecule has 0 radical (unpaired) electrons. The van der Waals surface area contributed by atoms with Crippen molar-refractivity contribution in [1.82, 2.24) is 24.8 Å². The Morgan fingerprint density at radius 3 is 2.66 bits per heavy atom. The highest BCUT2D eigenvalue weighted by molar-refractivity contribution is 5.72. The van der Waals surface area contributed by atoms with Crippen molar-refractivity contribution in [2.24, 2.45) is 5.41 Å². The van der Waals surface area contributed by atoms with Crippen molar-refractivity contribution in [1.29, 1.82) is 0 Å². The lowest BCUT2D eigenvalue weighted by molar-refractivity contribution is 0.00903. The van der Waals surface area contributed by atoms with Gasteiger partial charge in [-0.15, -0.1) is 0 Å². The highest BCUT2D eigenvalue weighted by atomic mass is 16.4. The molecule has 29 heavy (non-hydrogen) atoms. The van der Waals surface area contributed by atoms with Gasteiger partial charge in [-0.2, -0.15) is 0 Å². The van der Waals surface area contributed by atoms with Crippen LogP contribution in [0.1, 0.15) is 19.3 Å². The third-order valence-electron chi connectivity index (χ3n) is 6.76. The molecule has 1 aliphatic carbocycles. The van der Waals surface area contributed by atoms with Gasteiger partial charge in [-0.25, -0.2) is 9.78 Å². The van der Waals surface area contributed by atoms with E-state index in [2.05, 4.69) is 30.8 Å². The summed E-state index contributed by atoms with van der Waals surface area (Å²) in [4.78, 5) is 30.9. The molecule has 8 nitrogen and oxygen atoms in total. The molecule has 2 aromatic heterocycles. The fraction of sp³-hybridized carbons (Fsp3) is 0.524. The summed E-state index contributed by atoms with van der Waals surface area (Å²) in [5.41, 5.74) is 2.11. The number of piperazine rings is 1. The second-order valence-electron chi connectivity index (χ2n) is 8.52. The number of hydrogen-bond acceptors (Lipinski definition) is 6. The number of carboxylic acid groups (broad SMARTS) is 1. The molecule has 8 heteroatoms. The highest BCUT2D eigenvalue weighted by Crippen LogP contribution is 2.47. The quantitative estimate of drug-likeness (QED) is 0.854. The summed E-state index contributed by atoms with van der Waals surface area (Å²) < 4.78 is 0. The Bertz CT molecular complexity index is 878. The first kappa shape index (κ1) is 18.3. The van der Waals surface area contributed by atoms with Crippen LogP contribution >= 0.6 is 0 Å². The number of hydrogen-bond donors (Lipinski definition) is 1. The number of anilines is 1. The average Bonchev–Trinajstić information content (AvgIpc) is 3.19. The van der Waals surface area contributed by atoms with E-state index in [1.807, 2.05) is 12.3 Å². The molecule has 5 rings (SSSR count). The van der Waals surface area contributed by atoms with Crippen molar-refractivity contribution in [3.8, 4) is 11.3 Å². The second-order valence-corrected chi connectivity index (χ2v) is 8.52. The largest absolute Gasteiger partial charge is 0.465 e. The third kappa shape index (κ3) is 3.42. The zero-order valence-electron chi connectivity index (χ0n) is 16.4. The molecule has 0 aromatic carbocycles. The van der Waals surface area contributed by atoms with Crippen LogP contribution in [0.3, 0.4) is 0 Å². The molecule has 152 valence electrons. The molecule has 1 atom stereocenters. The van der Waals surface area contributed by atoms with Gasteiger partial charge in [0.2, 0.25) is 0 Å². The van der Waals surface area contributed by atoms with E-state index in [0.717, 1.165) is 56.1 Å². The lowest BCUT2D eigenvalue weighted by Crippen LogP contribution is -2.58. The molecule has 2 aromatic rings. The Labute approximate surface area is 170 Å². The van der Waals surface area contributed by atoms with Crippen molar-refractivity contribution in [3.05, 3.63) is 36.9 Å². The predicted molar refractivity (Wildman–Crippen MR) is 109 cm³/mol. The van der Waals surface area contributed by atoms with E-state index in [0.29, 0.717) is 19.1 Å². The van der Waals surface area contributed by atoms with Gasteiger partial charge in [-0.05, 0) is 31.4 Å². The summed E-state index contributed by atoms with van der Waals surface area (Å²) in [6, 6.07) is 4.58. The van der Waals surface area contributed by atoms with Gasteiger partial charge >= 0.3 is 6.09 Å². The van der Waals surface area contributed by atoms with E-state index in [1.165, 1.54) is 6.42 Å². The molecule has 2 saturated heterocycles. The first-order valence-corrected chi connectivity index (χ1v) is 10.3. The fourth-order valence-electron chi connectivity index (χ4n) is 5.26. The maximum absolute atomic E-state index is 11.1. The molecular weight excluding hydrogens is 368 g/mol. The van der Waals surface area contributed by atoms with Crippen LogP contribution < -0.4 is 4.90 Å². The summed E-state index contributed by atoms with van der Waals surface area (Å²) in [7, 11) is 0. The Balaban J connectivity index is 1.22. The van der Waals surface area contributed by atoms with E-state index in [9.17, 15) is 4.79 Å². The lowest BCUT2D eigenvalue weighted by Gasteiger charge is -2.47. The summed E-state index contributed by atoms with van der Waals surface area (Å²) in [5, 5.41) is 9.13. The standard InChI is InChI=1S/C21H26N6O2/c28-20(29)27-14-21(15-27)4-3-16(12-21)25-8-10-26(11-9-25)19-17(2-1-5-24-19)18-13-22-6-7-23-18/h1-2,5-7,13,16H,3-4,8-12,14-15H2,(H,28,29)/t16-/m1/s1. The molecule has 0 bridgehead atoms. The number of nitrogens with zero attached hydrogens (tertiary/aromatic N) is 6. The summed E-state index contributed by atoms with van der Waals surface area (Å²) >= 11 is 0. The SMILES string of the molecule is O=C(O)N1CC2(CC[C@@H](N3CCN(c4ncccc4-c4cnccn4)CC3)C2)C1. The molecule has 1 spiro atoms. The normalized spacial score (nSPS) is 23.9. The Hall–Kier alpha value is -2.74. The van der Waals surface area contributed by atoms with Crippen LogP contribution in [0.25, 0.3) is 11.3 Å². The van der Waals surface area contributed by atoms with Gasteiger partial charge in [-0.3, -0.25) is 14.9 Å². The van der Waals surface area contributed by atoms with Crippen molar-refractivity contribution < 1.29 is 9.90 Å². The summed E-state index contributed by atoms with van der Waals surface area (Å²) in [6.45, 7) is 5.34. The van der Waals surface area contributed by atoms with Crippen LogP contribution in [0.15, 0.2) is 36.9 Å². The van der Waals surface area contributed by atoms with Crippen LogP contribution in [0.5, 0.6) is 0 Å². The molecule has 1 saturated carbocycles. The van der Waals surface area contributed by atoms with E-state index in [1.54, 1.807) is 23.5 Å². The minimum atomic E-state index is -0.776. The van der Waals surface area contributed by atoms with E-state index < -0.39 is 6.09 Å². The number of likely N-dealkylation sites (tertiary alicyclic amines) is 1. The number of amides is 1. The van der Waals surface area contributed by atoms with E-state index >= 15 is 0 Å². The lowest BCUT2D eigenvalue weighted by atomic mass is 9.78. The van der Waals surface area contributed by atoms with Crippen LogP contribution in [0, 0.1) is 5.41 Å². The zero-order valence-corrected chi connectivity index (χ0v) is 16.4. The first-order valence-electron chi connectivity index (χ1n) is 10.3. The molecule has 1 amide bonds. The first-order chi connectivity index (χ1) is 14.1. The van der Waals surface area contributed by atoms with Crippen LogP contribution in [0.2, 0.25) is 0 Å². The Kier molecular flexibility index (Phi) is 4.58. The number of pyridine rings is 1. The summed E-state index contributed by atoms with van der Waals surface area (Å²) in [6.07, 6.45) is 9.71. The Morgan fingerprint density at radius 2 is 1.93 bits per heavy atom. The molecule has 3 aliphatic rings. The summed E-state index contributed by atoms with van der Waals surface area (Å²) in [5.74, 6) is 0.978. The number of rotatable bonds is 3. The zero-order chi connectivity index (χ0) is 19.8. The molecule has 3 fully saturated rings. The van der Waals surface area contributed by atoms with Gasteiger partial charge in [0.1, 0.15) is 5.82 Å². The molecule has 2 aliphatic heterocycles. The minimum absolute atomic E-state index is 0.236.